The van der Waals surface area contributed by atoms with Gasteiger partial charge in [0.2, 0.25) is 11.8 Å². The summed E-state index contributed by atoms with van der Waals surface area (Å²) in [5.41, 5.74) is 3.94. The van der Waals surface area contributed by atoms with Gasteiger partial charge in [-0.1, -0.05) is 47.5 Å². The monoisotopic (exact) mass is 629 g/mol. The molecule has 2 aliphatic heterocycles. The lowest BCUT2D eigenvalue weighted by Gasteiger charge is -2.50. The lowest BCUT2D eigenvalue weighted by Crippen LogP contribution is -2.53. The second-order valence-corrected chi connectivity index (χ2v) is 12.3. The summed E-state index contributed by atoms with van der Waals surface area (Å²) in [4.78, 5) is 55.3. The van der Waals surface area contributed by atoms with Gasteiger partial charge in [0.05, 0.1) is 35.5 Å². The van der Waals surface area contributed by atoms with E-state index >= 15 is 0 Å². The van der Waals surface area contributed by atoms with Gasteiger partial charge in [-0.25, -0.2) is 4.39 Å². The van der Waals surface area contributed by atoms with Crippen molar-refractivity contribution in [1.82, 2.24) is 10.3 Å². The van der Waals surface area contributed by atoms with Gasteiger partial charge in [-0.15, -0.1) is 0 Å². The van der Waals surface area contributed by atoms with Crippen LogP contribution in [-0.4, -0.2) is 47.0 Å². The molecule has 4 amide bonds. The maximum Gasteiger partial charge on any atom is 0.260 e. The number of halogens is 2. The first-order chi connectivity index (χ1) is 21.7. The van der Waals surface area contributed by atoms with Crippen LogP contribution in [0, 0.1) is 29.5 Å². The first kappa shape index (κ1) is 29.2. The number of anilines is 1. The van der Waals surface area contributed by atoms with E-state index in [0.717, 1.165) is 16.1 Å². The SMILES string of the molecule is O=C1NC(=O)[C@H]2CC=C3[C@@H](C[C@H]4C(=O)N(Nc5ccc(F)cc5)C(=O)[C@@]4(c4ccc(Cl)cc4)[C@H]3c3ccc(OCCO)cc3)[C@@H]12. The molecule has 0 bridgehead atoms. The van der Waals surface area contributed by atoms with Gasteiger partial charge in [0.1, 0.15) is 18.2 Å². The zero-order valence-corrected chi connectivity index (χ0v) is 24.7. The van der Waals surface area contributed by atoms with Crippen LogP contribution < -0.4 is 15.5 Å². The Kier molecular flexibility index (Phi) is 7.21. The highest BCUT2D eigenvalue weighted by Crippen LogP contribution is 2.63. The van der Waals surface area contributed by atoms with Crippen molar-refractivity contribution in [2.45, 2.75) is 24.2 Å². The smallest absolute Gasteiger partial charge is 0.260 e. The molecule has 11 heteroatoms. The molecule has 230 valence electrons. The summed E-state index contributed by atoms with van der Waals surface area (Å²) in [6.45, 7) is -0.0485. The number of hydrogen-bond donors (Lipinski definition) is 3. The molecule has 9 nitrogen and oxygen atoms in total. The van der Waals surface area contributed by atoms with Crippen molar-refractivity contribution in [3.05, 3.63) is 106 Å². The third-order valence-corrected chi connectivity index (χ3v) is 9.92. The number of rotatable bonds is 7. The lowest BCUT2D eigenvalue weighted by molar-refractivity contribution is -0.138. The second kappa shape index (κ2) is 11.1. The van der Waals surface area contributed by atoms with Crippen LogP contribution in [0.5, 0.6) is 5.75 Å². The molecule has 0 spiro atoms. The minimum atomic E-state index is -1.45. The van der Waals surface area contributed by atoms with Crippen LogP contribution in [0.15, 0.2) is 84.4 Å². The predicted molar refractivity (Wildman–Crippen MR) is 161 cm³/mol. The summed E-state index contributed by atoms with van der Waals surface area (Å²) in [5.74, 6) is -4.94. The number of hydrazine groups is 1. The molecular weight excluding hydrogens is 601 g/mol. The number of nitrogens with zero attached hydrogens (tertiary/aromatic N) is 1. The maximum atomic E-state index is 15.0. The highest BCUT2D eigenvalue weighted by molar-refractivity contribution is 6.30. The summed E-state index contributed by atoms with van der Waals surface area (Å²) >= 11 is 6.29. The molecule has 6 atom stereocenters. The number of ether oxygens (including phenoxy) is 1. The zero-order valence-electron chi connectivity index (χ0n) is 23.9. The van der Waals surface area contributed by atoms with Gasteiger partial charge in [-0.3, -0.25) is 29.9 Å². The van der Waals surface area contributed by atoms with E-state index in [-0.39, 0.29) is 31.4 Å². The minimum absolute atomic E-state index is 0.107. The van der Waals surface area contributed by atoms with Gasteiger partial charge in [-0.05, 0) is 78.4 Å². The Balaban J connectivity index is 1.43. The lowest BCUT2D eigenvalue weighted by atomic mass is 9.49. The standard InChI is InChI=1S/C34H29ClFN3O6/c35-20-5-3-19(4-6-20)34-27(32(43)39(33(34)44)38-22-9-7-21(36)8-10-22)17-26-24(13-14-25-28(26)31(42)37-30(25)41)29(34)18-1-11-23(12-2-18)45-16-15-40/h1-13,25-29,38,40H,14-17H2,(H,37,41,42)/t25-,26+,27-,28-,29-,34+/m0/s1. The summed E-state index contributed by atoms with van der Waals surface area (Å²) in [7, 11) is 0. The number of fused-ring (bicyclic) bond motifs is 4. The Hall–Kier alpha value is -4.54. The van der Waals surface area contributed by atoms with Crippen molar-refractivity contribution in [2.75, 3.05) is 18.6 Å². The maximum absolute atomic E-state index is 15.0. The molecule has 1 saturated carbocycles. The molecule has 0 aromatic heterocycles. The normalized spacial score (nSPS) is 28.6. The van der Waals surface area contributed by atoms with Crippen LogP contribution >= 0.6 is 11.6 Å². The third kappa shape index (κ3) is 4.54. The highest BCUT2D eigenvalue weighted by atomic mass is 35.5. The van der Waals surface area contributed by atoms with E-state index in [4.69, 9.17) is 16.3 Å². The van der Waals surface area contributed by atoms with Crippen molar-refractivity contribution >= 4 is 40.9 Å². The number of hydrogen-bond acceptors (Lipinski definition) is 7. The third-order valence-electron chi connectivity index (χ3n) is 9.67. The average Bonchev–Trinajstić information content (AvgIpc) is 3.45. The quantitative estimate of drug-likeness (QED) is 0.265. The zero-order chi connectivity index (χ0) is 31.5. The van der Waals surface area contributed by atoms with Gasteiger partial charge in [-0.2, -0.15) is 5.01 Å². The van der Waals surface area contributed by atoms with E-state index in [1.807, 2.05) is 18.2 Å². The van der Waals surface area contributed by atoms with Crippen molar-refractivity contribution in [1.29, 1.82) is 0 Å². The largest absolute Gasteiger partial charge is 0.491 e. The molecule has 3 aromatic rings. The Morgan fingerprint density at radius 2 is 1.67 bits per heavy atom. The number of aliphatic hydroxyl groups is 1. The molecular formula is C34H29ClFN3O6. The molecule has 3 aromatic carbocycles. The van der Waals surface area contributed by atoms with Crippen molar-refractivity contribution in [3.8, 4) is 5.75 Å². The van der Waals surface area contributed by atoms with E-state index in [9.17, 15) is 28.7 Å². The van der Waals surface area contributed by atoms with Crippen LogP contribution in [-0.2, 0) is 24.6 Å². The highest BCUT2D eigenvalue weighted by Gasteiger charge is 2.70. The molecule has 3 fully saturated rings. The fourth-order valence-electron chi connectivity index (χ4n) is 7.86. The predicted octanol–water partition coefficient (Wildman–Crippen LogP) is 4.12. The summed E-state index contributed by atoms with van der Waals surface area (Å²) < 4.78 is 19.3. The van der Waals surface area contributed by atoms with Gasteiger partial charge < -0.3 is 9.84 Å². The molecule has 3 N–H and O–H groups in total. The molecule has 45 heavy (non-hydrogen) atoms. The van der Waals surface area contributed by atoms with Crippen molar-refractivity contribution in [2.24, 2.45) is 23.7 Å². The molecule has 0 unspecified atom stereocenters. The van der Waals surface area contributed by atoms with E-state index in [1.54, 1.807) is 36.4 Å². The summed E-state index contributed by atoms with van der Waals surface area (Å²) in [6.07, 6.45) is 2.45. The van der Waals surface area contributed by atoms with Gasteiger partial charge in [0, 0.05) is 10.9 Å². The number of benzene rings is 3. The summed E-state index contributed by atoms with van der Waals surface area (Å²) in [5, 5.41) is 13.2. The van der Waals surface area contributed by atoms with Crippen LogP contribution in [0.4, 0.5) is 10.1 Å². The van der Waals surface area contributed by atoms with Crippen LogP contribution in [0.2, 0.25) is 5.02 Å². The fourth-order valence-corrected chi connectivity index (χ4v) is 7.99. The van der Waals surface area contributed by atoms with Gasteiger partial charge in [0.15, 0.2) is 0 Å². The average molecular weight is 630 g/mol. The fraction of sp³-hybridized carbons (Fsp3) is 0.294. The topological polar surface area (TPSA) is 125 Å². The minimum Gasteiger partial charge on any atom is -0.491 e. The molecule has 0 radical (unpaired) electrons. The number of imide groups is 2. The number of nitrogens with one attached hydrogen (secondary N) is 2. The Labute approximate surface area is 263 Å². The molecule has 2 aliphatic carbocycles. The van der Waals surface area contributed by atoms with Gasteiger partial charge >= 0.3 is 0 Å². The number of amides is 4. The van der Waals surface area contributed by atoms with Crippen LogP contribution in [0.25, 0.3) is 0 Å². The number of carbonyl (C=O) groups excluding carboxylic acids is 4. The van der Waals surface area contributed by atoms with Crippen molar-refractivity contribution in [3.63, 3.8) is 0 Å². The molecule has 7 rings (SSSR count). The number of carbonyl (C=O) groups is 4. The number of allylic oxidation sites excluding steroid dienone is 2. The Morgan fingerprint density at radius 3 is 2.36 bits per heavy atom. The molecule has 4 aliphatic rings. The number of aliphatic hydroxyl groups excluding tert-OH is 1. The van der Waals surface area contributed by atoms with Crippen LogP contribution in [0.3, 0.4) is 0 Å². The van der Waals surface area contributed by atoms with Gasteiger partial charge in [0.25, 0.3) is 11.8 Å². The van der Waals surface area contributed by atoms with E-state index < -0.39 is 52.6 Å². The Morgan fingerprint density at radius 1 is 0.956 bits per heavy atom. The van der Waals surface area contributed by atoms with Crippen LogP contribution in [0.1, 0.15) is 29.9 Å². The second-order valence-electron chi connectivity index (χ2n) is 11.9. The molecule has 2 saturated heterocycles. The molecule has 2 heterocycles. The van der Waals surface area contributed by atoms with E-state index in [1.165, 1.54) is 24.3 Å². The summed E-state index contributed by atoms with van der Waals surface area (Å²) in [6, 6.07) is 19.4. The van der Waals surface area contributed by atoms with E-state index in [0.29, 0.717) is 28.4 Å². The van der Waals surface area contributed by atoms with Crippen molar-refractivity contribution < 1.29 is 33.4 Å². The Bertz CT molecular complexity index is 1730. The first-order valence-corrected chi connectivity index (χ1v) is 15.2. The van der Waals surface area contributed by atoms with E-state index in [2.05, 4.69) is 10.7 Å². The first-order valence-electron chi connectivity index (χ1n) is 14.8.